The van der Waals surface area contributed by atoms with E-state index < -0.39 is 13.2 Å². The van der Waals surface area contributed by atoms with Crippen LogP contribution in [0.4, 0.5) is 11.4 Å². The van der Waals surface area contributed by atoms with Gasteiger partial charge in [0.05, 0.1) is 6.10 Å². The first-order valence-electron chi connectivity index (χ1n) is 13.6. The van der Waals surface area contributed by atoms with Crippen LogP contribution in [0.15, 0.2) is 78.9 Å². The van der Waals surface area contributed by atoms with Crippen LogP contribution >= 0.6 is 7.37 Å². The molecule has 0 saturated heterocycles. The molecule has 0 heterocycles. The molecule has 0 spiro atoms. The molecule has 0 bridgehead atoms. The molecule has 5 heteroatoms. The third-order valence-corrected chi connectivity index (χ3v) is 10.5. The minimum absolute atomic E-state index is 0.0476. The lowest BCUT2D eigenvalue weighted by atomic mass is 9.75. The van der Waals surface area contributed by atoms with Crippen molar-refractivity contribution >= 4 is 24.0 Å². The number of aryl methyl sites for hydroxylation is 1. The summed E-state index contributed by atoms with van der Waals surface area (Å²) < 4.78 is 22.5. The first-order chi connectivity index (χ1) is 17.7. The summed E-state index contributed by atoms with van der Waals surface area (Å²) in [7, 11) is 0.607. The fraction of sp³-hybridized carbons (Fsp3) is 0.438. The molecule has 37 heavy (non-hydrogen) atoms. The van der Waals surface area contributed by atoms with Crippen molar-refractivity contribution in [1.29, 1.82) is 0 Å². The number of nitrogens with zero attached hydrogens (tertiary/aromatic N) is 1. The predicted octanol–water partition coefficient (Wildman–Crippen LogP) is 8.25. The molecule has 4 rings (SSSR count). The minimum atomic E-state index is -3.44. The van der Waals surface area contributed by atoms with E-state index in [1.54, 1.807) is 0 Å². The normalized spacial score (nSPS) is 22.3. The van der Waals surface area contributed by atoms with Gasteiger partial charge in [0.2, 0.25) is 0 Å². The van der Waals surface area contributed by atoms with Crippen LogP contribution in [0.1, 0.15) is 56.9 Å². The smallest absolute Gasteiger partial charge is 0.258 e. The highest BCUT2D eigenvalue weighted by Crippen LogP contribution is 2.61. The Balaban J connectivity index is 1.84. The van der Waals surface area contributed by atoms with Gasteiger partial charge in [-0.15, -0.1) is 0 Å². The van der Waals surface area contributed by atoms with Gasteiger partial charge in [0.25, 0.3) is 7.37 Å². The molecule has 0 unspecified atom stereocenters. The van der Waals surface area contributed by atoms with Gasteiger partial charge in [0.1, 0.15) is 5.78 Å². The molecule has 3 aromatic rings. The van der Waals surface area contributed by atoms with Crippen LogP contribution < -0.4 is 15.5 Å². The topological polar surface area (TPSA) is 41.6 Å². The largest absolute Gasteiger partial charge is 0.378 e. The Labute approximate surface area is 223 Å². The van der Waals surface area contributed by atoms with E-state index in [2.05, 4.69) is 62.2 Å². The monoisotopic (exact) mass is 518 g/mol. The lowest BCUT2D eigenvalue weighted by molar-refractivity contribution is 0.0489. The molecule has 1 fully saturated rings. The summed E-state index contributed by atoms with van der Waals surface area (Å²) in [6.45, 7) is 8.92. The lowest BCUT2D eigenvalue weighted by Gasteiger charge is -2.41. The summed E-state index contributed by atoms with van der Waals surface area (Å²) in [4.78, 5) is 2.06. The van der Waals surface area contributed by atoms with E-state index in [9.17, 15) is 0 Å². The van der Waals surface area contributed by atoms with Crippen molar-refractivity contribution in [2.75, 3.05) is 24.3 Å². The van der Waals surface area contributed by atoms with Crippen LogP contribution in [0.25, 0.3) is 0 Å². The van der Waals surface area contributed by atoms with Crippen molar-refractivity contribution in [3.63, 3.8) is 0 Å². The standard InChI is InChI=1S/C32H43N2O2P/c1-23(2)30-21-14-25(4)22-31(30)36-37(35,29-19-17-28(18-20-29)34(5)6)32(26-15-12-24(3)13-16-26)33-27-10-8-7-9-11-27/h7-13,15-20,23,25,30-33H,14,21-22H2,1-6H3/t25-,30+,31+,32+,37+/m0/s1. The van der Waals surface area contributed by atoms with Gasteiger partial charge < -0.3 is 14.7 Å². The molecule has 5 atom stereocenters. The first kappa shape index (κ1) is 27.5. The molecule has 0 radical (unpaired) electrons. The number of rotatable bonds is 9. The van der Waals surface area contributed by atoms with Crippen molar-refractivity contribution in [1.82, 2.24) is 0 Å². The number of hydrogen-bond acceptors (Lipinski definition) is 4. The highest BCUT2D eigenvalue weighted by Gasteiger charge is 2.43. The first-order valence-corrected chi connectivity index (χ1v) is 15.3. The van der Waals surface area contributed by atoms with E-state index >= 15 is 4.57 Å². The number of hydrogen-bond donors (Lipinski definition) is 1. The molecule has 198 valence electrons. The summed E-state index contributed by atoms with van der Waals surface area (Å²) in [5.74, 6) is 0.915. The molecule has 0 aromatic heterocycles. The van der Waals surface area contributed by atoms with Crippen LogP contribution in [0.2, 0.25) is 0 Å². The molecule has 0 aliphatic heterocycles. The summed E-state index contributed by atoms with van der Waals surface area (Å²) in [5, 5.41) is 4.39. The Bertz CT molecular complexity index is 1180. The van der Waals surface area contributed by atoms with Crippen LogP contribution in [-0.2, 0) is 9.09 Å². The average molecular weight is 519 g/mol. The van der Waals surface area contributed by atoms with Gasteiger partial charge in [0, 0.05) is 30.8 Å². The van der Waals surface area contributed by atoms with E-state index in [0.717, 1.165) is 35.1 Å². The van der Waals surface area contributed by atoms with Gasteiger partial charge in [-0.05, 0) is 79.5 Å². The predicted molar refractivity (Wildman–Crippen MR) is 158 cm³/mol. The minimum Gasteiger partial charge on any atom is -0.378 e. The lowest BCUT2D eigenvalue weighted by Crippen LogP contribution is -2.35. The summed E-state index contributed by atoms with van der Waals surface area (Å²) in [6, 6.07) is 26.5. The molecule has 3 aromatic carbocycles. The maximum Gasteiger partial charge on any atom is 0.258 e. The van der Waals surface area contributed by atoms with E-state index in [-0.39, 0.29) is 6.10 Å². The fourth-order valence-corrected chi connectivity index (χ4v) is 8.11. The van der Waals surface area contributed by atoms with Crippen molar-refractivity contribution in [3.05, 3.63) is 90.0 Å². The number of benzene rings is 3. The highest BCUT2D eigenvalue weighted by atomic mass is 31.2. The third kappa shape index (κ3) is 6.48. The van der Waals surface area contributed by atoms with Gasteiger partial charge in [-0.3, -0.25) is 4.57 Å². The highest BCUT2D eigenvalue weighted by molar-refractivity contribution is 7.67. The van der Waals surface area contributed by atoms with E-state index in [4.69, 9.17) is 4.52 Å². The van der Waals surface area contributed by atoms with Gasteiger partial charge in [0.15, 0.2) is 0 Å². The zero-order valence-corrected chi connectivity index (χ0v) is 24.1. The van der Waals surface area contributed by atoms with Crippen LogP contribution in [0.3, 0.4) is 0 Å². The van der Waals surface area contributed by atoms with E-state index in [1.165, 1.54) is 12.0 Å². The fourth-order valence-electron chi connectivity index (χ4n) is 5.47. The molecular formula is C32H43N2O2P. The maximum absolute atomic E-state index is 15.5. The number of para-hydroxylation sites is 1. The number of anilines is 2. The molecule has 1 saturated carbocycles. The van der Waals surface area contributed by atoms with E-state index in [1.807, 2.05) is 68.7 Å². The second-order valence-electron chi connectivity index (χ2n) is 11.3. The Kier molecular flexibility index (Phi) is 8.82. The molecule has 0 amide bonds. The molecule has 4 nitrogen and oxygen atoms in total. The average Bonchev–Trinajstić information content (AvgIpc) is 2.88. The number of nitrogens with one attached hydrogen (secondary N) is 1. The Morgan fingerprint density at radius 1 is 0.919 bits per heavy atom. The second kappa shape index (κ2) is 11.9. The van der Waals surface area contributed by atoms with Crippen LogP contribution in [-0.4, -0.2) is 20.2 Å². The maximum atomic E-state index is 15.5. The quantitative estimate of drug-likeness (QED) is 0.290. The Morgan fingerprint density at radius 3 is 2.16 bits per heavy atom. The summed E-state index contributed by atoms with van der Waals surface area (Å²) in [5.41, 5.74) is 4.15. The Morgan fingerprint density at radius 2 is 1.57 bits per heavy atom. The third-order valence-electron chi connectivity index (χ3n) is 7.79. The van der Waals surface area contributed by atoms with Crippen molar-refractivity contribution in [2.45, 2.75) is 58.8 Å². The van der Waals surface area contributed by atoms with Gasteiger partial charge >= 0.3 is 0 Å². The molecule has 1 aliphatic carbocycles. The SMILES string of the molecule is Cc1ccc([C@H](Nc2ccccc2)[P@](=O)(O[C@@H]2C[C@@H](C)CC[C@@H]2C(C)C)c2ccc(N(C)C)cc2)cc1. The summed E-state index contributed by atoms with van der Waals surface area (Å²) >= 11 is 0. The second-order valence-corrected chi connectivity index (χ2v) is 13.7. The van der Waals surface area contributed by atoms with Crippen LogP contribution in [0.5, 0.6) is 0 Å². The Hall–Kier alpha value is -2.55. The molecule has 1 aliphatic rings. The van der Waals surface area contributed by atoms with Gasteiger partial charge in [-0.1, -0.05) is 75.2 Å². The van der Waals surface area contributed by atoms with Gasteiger partial charge in [-0.25, -0.2) is 0 Å². The van der Waals surface area contributed by atoms with Crippen molar-refractivity contribution < 1.29 is 9.09 Å². The van der Waals surface area contributed by atoms with E-state index in [0.29, 0.717) is 17.8 Å². The molecular weight excluding hydrogens is 475 g/mol. The zero-order valence-electron chi connectivity index (χ0n) is 23.2. The summed E-state index contributed by atoms with van der Waals surface area (Å²) in [6.07, 6.45) is 3.21. The van der Waals surface area contributed by atoms with Gasteiger partial charge in [-0.2, -0.15) is 0 Å². The zero-order chi connectivity index (χ0) is 26.6. The van der Waals surface area contributed by atoms with Crippen molar-refractivity contribution in [3.8, 4) is 0 Å². The molecule has 1 N–H and O–H groups in total. The van der Waals surface area contributed by atoms with Crippen molar-refractivity contribution in [2.24, 2.45) is 17.8 Å². The van der Waals surface area contributed by atoms with Crippen LogP contribution in [0, 0.1) is 24.7 Å².